The Labute approximate surface area is 116 Å². The fourth-order valence-corrected chi connectivity index (χ4v) is 2.57. The Morgan fingerprint density at radius 3 is 2.55 bits per heavy atom. The maximum absolute atomic E-state index is 12.5. The molecule has 1 fully saturated rings. The highest BCUT2D eigenvalue weighted by Crippen LogP contribution is 2.31. The number of unbranched alkanes of at least 4 members (excludes halogenated alkanes) is 1. The second kappa shape index (κ2) is 6.58. The zero-order chi connectivity index (χ0) is 14.6. The standard InChI is InChI=1S/C13H20F3N3O/c14-13(15,16)11-9-17-12(18-11)10-3-6-19(7-4-10)5-1-2-8-20/h9-10,20H,1-8H2,(H,17,18). The van der Waals surface area contributed by atoms with E-state index in [9.17, 15) is 13.2 Å². The van der Waals surface area contributed by atoms with Crippen LogP contribution in [-0.4, -0.2) is 46.2 Å². The lowest BCUT2D eigenvalue weighted by atomic mass is 9.96. The summed E-state index contributed by atoms with van der Waals surface area (Å²) < 4.78 is 37.5. The van der Waals surface area contributed by atoms with Crippen LogP contribution in [0.3, 0.4) is 0 Å². The van der Waals surface area contributed by atoms with E-state index < -0.39 is 11.9 Å². The zero-order valence-corrected chi connectivity index (χ0v) is 11.3. The second-order valence-electron chi connectivity index (χ2n) is 5.23. The Kier molecular flexibility index (Phi) is 5.04. The minimum atomic E-state index is -4.35. The summed E-state index contributed by atoms with van der Waals surface area (Å²) in [5.74, 6) is 0.535. The van der Waals surface area contributed by atoms with Crippen molar-refractivity contribution in [2.45, 2.75) is 37.8 Å². The van der Waals surface area contributed by atoms with Crippen LogP contribution in [0, 0.1) is 0 Å². The van der Waals surface area contributed by atoms with Gasteiger partial charge in [0, 0.05) is 12.5 Å². The van der Waals surface area contributed by atoms with E-state index in [4.69, 9.17) is 5.11 Å². The third kappa shape index (κ3) is 3.96. The molecule has 2 heterocycles. The molecule has 0 aliphatic carbocycles. The molecule has 0 aromatic carbocycles. The summed E-state index contributed by atoms with van der Waals surface area (Å²) in [5, 5.41) is 8.73. The van der Waals surface area contributed by atoms with Gasteiger partial charge in [0.1, 0.15) is 11.5 Å². The van der Waals surface area contributed by atoms with E-state index in [1.807, 2.05) is 0 Å². The summed E-state index contributed by atoms with van der Waals surface area (Å²) >= 11 is 0. The maximum atomic E-state index is 12.5. The van der Waals surface area contributed by atoms with Crippen molar-refractivity contribution in [3.8, 4) is 0 Å². The minimum absolute atomic E-state index is 0.0835. The lowest BCUT2D eigenvalue weighted by Gasteiger charge is -2.31. The summed E-state index contributed by atoms with van der Waals surface area (Å²) in [4.78, 5) is 8.57. The van der Waals surface area contributed by atoms with Gasteiger partial charge in [-0.25, -0.2) is 4.98 Å². The first-order chi connectivity index (χ1) is 9.50. The molecule has 7 heteroatoms. The molecule has 0 unspecified atom stereocenters. The zero-order valence-electron chi connectivity index (χ0n) is 11.3. The van der Waals surface area contributed by atoms with Gasteiger partial charge in [0.05, 0.1) is 6.20 Å². The van der Waals surface area contributed by atoms with E-state index in [0.717, 1.165) is 51.5 Å². The summed E-state index contributed by atoms with van der Waals surface area (Å²) in [6.07, 6.45) is -0.0692. The number of aromatic amines is 1. The first-order valence-corrected chi connectivity index (χ1v) is 6.96. The van der Waals surface area contributed by atoms with Crippen molar-refractivity contribution >= 4 is 0 Å². The van der Waals surface area contributed by atoms with Crippen molar-refractivity contribution in [3.05, 3.63) is 17.7 Å². The molecule has 0 bridgehead atoms. The molecule has 0 radical (unpaired) electrons. The van der Waals surface area contributed by atoms with Gasteiger partial charge in [-0.2, -0.15) is 13.2 Å². The van der Waals surface area contributed by atoms with Crippen LogP contribution in [0.1, 0.15) is 43.1 Å². The van der Waals surface area contributed by atoms with Gasteiger partial charge in [-0.1, -0.05) is 0 Å². The molecule has 2 N–H and O–H groups in total. The van der Waals surface area contributed by atoms with Crippen LogP contribution in [0.15, 0.2) is 6.20 Å². The van der Waals surface area contributed by atoms with Crippen molar-refractivity contribution in [3.63, 3.8) is 0 Å². The summed E-state index contributed by atoms with van der Waals surface area (Å²) in [6.45, 7) is 2.90. The van der Waals surface area contributed by atoms with Gasteiger partial charge in [0.15, 0.2) is 0 Å². The number of aliphatic hydroxyl groups is 1. The number of imidazole rings is 1. The molecular weight excluding hydrogens is 271 g/mol. The molecule has 1 aliphatic rings. The molecule has 0 saturated carbocycles. The van der Waals surface area contributed by atoms with Gasteiger partial charge in [-0.05, 0) is 45.3 Å². The topological polar surface area (TPSA) is 52.1 Å². The third-order valence-electron chi connectivity index (χ3n) is 3.76. The molecular formula is C13H20F3N3O. The SMILES string of the molecule is OCCCCN1CCC(c2ncc(C(F)(F)F)[nH]2)CC1. The van der Waals surface area contributed by atoms with Crippen LogP contribution in [0.4, 0.5) is 13.2 Å². The fraction of sp³-hybridized carbons (Fsp3) is 0.769. The molecule has 1 aliphatic heterocycles. The highest BCUT2D eigenvalue weighted by atomic mass is 19.4. The first kappa shape index (κ1) is 15.3. The van der Waals surface area contributed by atoms with E-state index in [2.05, 4.69) is 14.9 Å². The highest BCUT2D eigenvalue weighted by Gasteiger charge is 2.34. The predicted octanol–water partition coefficient (Wildman–Crippen LogP) is 2.38. The predicted molar refractivity (Wildman–Crippen MR) is 68.3 cm³/mol. The average Bonchev–Trinajstić information content (AvgIpc) is 2.89. The van der Waals surface area contributed by atoms with Crippen molar-refractivity contribution in [1.29, 1.82) is 0 Å². The average molecular weight is 291 g/mol. The molecule has 1 aromatic rings. The van der Waals surface area contributed by atoms with Gasteiger partial charge in [0.2, 0.25) is 0 Å². The van der Waals surface area contributed by atoms with E-state index in [0.29, 0.717) is 5.82 Å². The van der Waals surface area contributed by atoms with Crippen molar-refractivity contribution in [1.82, 2.24) is 14.9 Å². The quantitative estimate of drug-likeness (QED) is 0.819. The van der Waals surface area contributed by atoms with E-state index in [1.54, 1.807) is 0 Å². The molecule has 0 atom stereocenters. The van der Waals surface area contributed by atoms with Crippen LogP contribution in [-0.2, 0) is 6.18 Å². The molecule has 2 rings (SSSR count). The number of aromatic nitrogens is 2. The fourth-order valence-electron chi connectivity index (χ4n) is 2.57. The number of nitrogens with one attached hydrogen (secondary N) is 1. The Bertz CT molecular complexity index is 411. The lowest BCUT2D eigenvalue weighted by Crippen LogP contribution is -2.34. The third-order valence-corrected chi connectivity index (χ3v) is 3.76. The van der Waals surface area contributed by atoms with E-state index in [-0.39, 0.29) is 12.5 Å². The van der Waals surface area contributed by atoms with Gasteiger partial charge in [0.25, 0.3) is 0 Å². The van der Waals surface area contributed by atoms with Crippen molar-refractivity contribution < 1.29 is 18.3 Å². The number of H-pyrrole nitrogens is 1. The van der Waals surface area contributed by atoms with E-state index >= 15 is 0 Å². The Balaban J connectivity index is 1.83. The molecule has 1 aromatic heterocycles. The Morgan fingerprint density at radius 2 is 2.00 bits per heavy atom. The summed E-state index contributed by atoms with van der Waals surface area (Å²) in [6, 6.07) is 0. The number of aliphatic hydroxyl groups excluding tert-OH is 1. The number of halogens is 3. The minimum Gasteiger partial charge on any atom is -0.396 e. The van der Waals surface area contributed by atoms with Crippen LogP contribution in [0.25, 0.3) is 0 Å². The lowest BCUT2D eigenvalue weighted by molar-refractivity contribution is -0.141. The summed E-state index contributed by atoms with van der Waals surface area (Å²) in [5.41, 5.74) is -0.766. The molecule has 20 heavy (non-hydrogen) atoms. The smallest absolute Gasteiger partial charge is 0.396 e. The van der Waals surface area contributed by atoms with Crippen LogP contribution in [0.5, 0.6) is 0 Å². The van der Waals surface area contributed by atoms with Gasteiger partial charge in [-0.15, -0.1) is 0 Å². The van der Waals surface area contributed by atoms with Crippen LogP contribution >= 0.6 is 0 Å². The largest absolute Gasteiger partial charge is 0.432 e. The van der Waals surface area contributed by atoms with Crippen LogP contribution in [0.2, 0.25) is 0 Å². The molecule has 0 amide bonds. The van der Waals surface area contributed by atoms with Crippen molar-refractivity contribution in [2.75, 3.05) is 26.2 Å². The number of hydrogen-bond donors (Lipinski definition) is 2. The number of hydrogen-bond acceptors (Lipinski definition) is 3. The van der Waals surface area contributed by atoms with Gasteiger partial charge < -0.3 is 15.0 Å². The van der Waals surface area contributed by atoms with E-state index in [1.165, 1.54) is 0 Å². The van der Waals surface area contributed by atoms with Crippen LogP contribution < -0.4 is 0 Å². The molecule has 0 spiro atoms. The monoisotopic (exact) mass is 291 g/mol. The Hall–Kier alpha value is -1.08. The number of nitrogens with zero attached hydrogens (tertiary/aromatic N) is 2. The maximum Gasteiger partial charge on any atom is 0.432 e. The molecule has 4 nitrogen and oxygen atoms in total. The number of likely N-dealkylation sites (tertiary alicyclic amines) is 1. The number of rotatable bonds is 5. The van der Waals surface area contributed by atoms with Crippen molar-refractivity contribution in [2.24, 2.45) is 0 Å². The Morgan fingerprint density at radius 1 is 1.30 bits per heavy atom. The highest BCUT2D eigenvalue weighted by molar-refractivity contribution is 5.09. The number of alkyl halides is 3. The molecule has 114 valence electrons. The molecule has 1 saturated heterocycles. The normalized spacial score (nSPS) is 18.6. The summed E-state index contributed by atoms with van der Waals surface area (Å²) in [7, 11) is 0. The van der Waals surface area contributed by atoms with Gasteiger partial charge >= 0.3 is 6.18 Å². The first-order valence-electron chi connectivity index (χ1n) is 6.96. The van der Waals surface area contributed by atoms with Gasteiger partial charge in [-0.3, -0.25) is 0 Å². The second-order valence-corrected chi connectivity index (χ2v) is 5.23. The number of piperidine rings is 1.